The van der Waals surface area contributed by atoms with Crippen LogP contribution < -0.4 is 5.73 Å². The van der Waals surface area contributed by atoms with Gasteiger partial charge in [0.25, 0.3) is 0 Å². The monoisotopic (exact) mass is 145 g/mol. The minimum Gasteiger partial charge on any atom is -0.369 e. The van der Waals surface area contributed by atoms with Crippen LogP contribution in [0.15, 0.2) is 6.20 Å². The molecule has 0 spiro atoms. The molecule has 50 valence electrons. The summed E-state index contributed by atoms with van der Waals surface area (Å²) in [7, 11) is 0. The van der Waals surface area contributed by atoms with E-state index in [0.717, 1.165) is 6.54 Å². The average Bonchev–Trinajstić information content (AvgIpc) is 2.12. The number of nitrogens with zero attached hydrogens (tertiary/aromatic N) is 2. The van der Waals surface area contributed by atoms with Crippen LogP contribution in [0, 0.1) is 0 Å². The van der Waals surface area contributed by atoms with Crippen molar-refractivity contribution < 1.29 is 0 Å². The van der Waals surface area contributed by atoms with Gasteiger partial charge in [-0.2, -0.15) is 0 Å². The zero-order valence-corrected chi connectivity index (χ0v) is 5.89. The van der Waals surface area contributed by atoms with Crippen molar-refractivity contribution in [2.75, 3.05) is 5.73 Å². The number of hydrogen-bond acceptors (Lipinski definition) is 2. The summed E-state index contributed by atoms with van der Waals surface area (Å²) in [5, 5.41) is 0.593. The molecule has 0 radical (unpaired) electrons. The summed E-state index contributed by atoms with van der Waals surface area (Å²) in [5.74, 6) is 0.475. The second-order valence-corrected chi connectivity index (χ2v) is 2.07. The Bertz CT molecular complexity index is 186. The van der Waals surface area contributed by atoms with Crippen molar-refractivity contribution in [2.45, 2.75) is 13.5 Å². The van der Waals surface area contributed by atoms with Crippen molar-refractivity contribution in [3.05, 3.63) is 11.3 Å². The molecule has 1 aromatic heterocycles. The van der Waals surface area contributed by atoms with Crippen LogP contribution >= 0.6 is 11.6 Å². The summed E-state index contributed by atoms with van der Waals surface area (Å²) < 4.78 is 1.72. The fraction of sp³-hybridized carbons (Fsp3) is 0.400. The fourth-order valence-electron chi connectivity index (χ4n) is 0.681. The van der Waals surface area contributed by atoms with E-state index in [-0.39, 0.29) is 0 Å². The van der Waals surface area contributed by atoms with Crippen molar-refractivity contribution in [1.29, 1.82) is 0 Å². The summed E-state index contributed by atoms with van der Waals surface area (Å²) in [6.07, 6.45) is 1.54. The molecule has 1 heterocycles. The zero-order valence-electron chi connectivity index (χ0n) is 5.13. The first-order chi connectivity index (χ1) is 4.25. The maximum absolute atomic E-state index is 5.67. The number of rotatable bonds is 1. The Kier molecular flexibility index (Phi) is 1.62. The summed E-state index contributed by atoms with van der Waals surface area (Å²) in [4.78, 5) is 3.80. The van der Waals surface area contributed by atoms with Crippen molar-refractivity contribution in [3.8, 4) is 0 Å². The molecule has 0 aliphatic carbocycles. The Morgan fingerprint density at radius 2 is 2.56 bits per heavy atom. The lowest BCUT2D eigenvalue weighted by molar-refractivity contribution is 0.775. The lowest BCUT2D eigenvalue weighted by Gasteiger charge is -1.98. The second kappa shape index (κ2) is 2.27. The smallest absolute Gasteiger partial charge is 0.201 e. The predicted octanol–water partition coefficient (Wildman–Crippen LogP) is 1.14. The maximum Gasteiger partial charge on any atom is 0.201 e. The third-order valence-corrected chi connectivity index (χ3v) is 1.46. The number of nitrogen functional groups attached to an aromatic ring is 1. The first-order valence-electron chi connectivity index (χ1n) is 2.72. The van der Waals surface area contributed by atoms with Crippen LogP contribution in [-0.4, -0.2) is 9.55 Å². The third-order valence-electron chi connectivity index (χ3n) is 1.15. The van der Waals surface area contributed by atoms with E-state index < -0.39 is 0 Å². The molecule has 3 nitrogen and oxygen atoms in total. The number of anilines is 1. The van der Waals surface area contributed by atoms with E-state index >= 15 is 0 Å². The summed E-state index contributed by atoms with van der Waals surface area (Å²) >= 11 is 5.67. The minimum atomic E-state index is 0.475. The largest absolute Gasteiger partial charge is 0.369 e. The van der Waals surface area contributed by atoms with Gasteiger partial charge in [-0.05, 0) is 6.92 Å². The van der Waals surface area contributed by atoms with Crippen LogP contribution in [0.4, 0.5) is 5.95 Å². The molecular weight excluding hydrogens is 138 g/mol. The SMILES string of the molecule is CCn1c(Cl)cnc1N. The van der Waals surface area contributed by atoms with E-state index in [0.29, 0.717) is 11.1 Å². The molecule has 0 atom stereocenters. The number of hydrogen-bond donors (Lipinski definition) is 1. The highest BCUT2D eigenvalue weighted by molar-refractivity contribution is 6.29. The Morgan fingerprint density at radius 1 is 1.89 bits per heavy atom. The van der Waals surface area contributed by atoms with Gasteiger partial charge in [-0.3, -0.25) is 0 Å². The Labute approximate surface area is 58.4 Å². The van der Waals surface area contributed by atoms with Crippen molar-refractivity contribution in [3.63, 3.8) is 0 Å². The highest BCUT2D eigenvalue weighted by Crippen LogP contribution is 2.11. The quantitative estimate of drug-likeness (QED) is 0.644. The molecule has 0 bridgehead atoms. The summed E-state index contributed by atoms with van der Waals surface area (Å²) in [5.41, 5.74) is 5.42. The molecule has 1 aromatic rings. The van der Waals surface area contributed by atoms with Crippen LogP contribution in [0.1, 0.15) is 6.92 Å². The fourth-order valence-corrected chi connectivity index (χ4v) is 0.936. The Balaban J connectivity index is 3.07. The molecular formula is C5H8ClN3. The Hall–Kier alpha value is -0.700. The molecule has 0 aliphatic heterocycles. The van der Waals surface area contributed by atoms with Gasteiger partial charge >= 0.3 is 0 Å². The molecule has 0 fully saturated rings. The van der Waals surface area contributed by atoms with E-state index in [4.69, 9.17) is 17.3 Å². The number of halogens is 1. The van der Waals surface area contributed by atoms with E-state index in [1.54, 1.807) is 10.8 Å². The van der Waals surface area contributed by atoms with Crippen LogP contribution in [-0.2, 0) is 6.54 Å². The van der Waals surface area contributed by atoms with Crippen LogP contribution in [0.3, 0.4) is 0 Å². The van der Waals surface area contributed by atoms with Gasteiger partial charge < -0.3 is 10.3 Å². The highest BCUT2D eigenvalue weighted by Gasteiger charge is 1.99. The molecule has 2 N–H and O–H groups in total. The predicted molar refractivity (Wildman–Crippen MR) is 37.3 cm³/mol. The van der Waals surface area contributed by atoms with Gasteiger partial charge in [0.2, 0.25) is 5.95 Å². The standard InChI is InChI=1S/C5H8ClN3/c1-2-9-4(6)3-8-5(9)7/h3H,2H2,1H3,(H2,7,8). The normalized spacial score (nSPS) is 10.0. The van der Waals surface area contributed by atoms with E-state index in [9.17, 15) is 0 Å². The number of nitrogens with two attached hydrogens (primary N) is 1. The average molecular weight is 146 g/mol. The molecule has 0 saturated carbocycles. The Morgan fingerprint density at radius 3 is 2.78 bits per heavy atom. The number of imidazole rings is 1. The lowest BCUT2D eigenvalue weighted by atomic mass is 10.7. The van der Waals surface area contributed by atoms with Gasteiger partial charge in [0.1, 0.15) is 5.15 Å². The molecule has 0 aliphatic rings. The van der Waals surface area contributed by atoms with Crippen LogP contribution in [0.5, 0.6) is 0 Å². The van der Waals surface area contributed by atoms with E-state index in [1.165, 1.54) is 0 Å². The number of aromatic nitrogens is 2. The first kappa shape index (κ1) is 6.42. The summed E-state index contributed by atoms with van der Waals surface area (Å²) in [6.45, 7) is 2.73. The summed E-state index contributed by atoms with van der Waals surface area (Å²) in [6, 6.07) is 0. The van der Waals surface area contributed by atoms with Gasteiger partial charge in [0, 0.05) is 6.54 Å². The second-order valence-electron chi connectivity index (χ2n) is 1.68. The molecule has 0 saturated heterocycles. The molecule has 1 rings (SSSR count). The molecule has 0 aromatic carbocycles. The van der Waals surface area contributed by atoms with E-state index in [1.807, 2.05) is 6.92 Å². The lowest BCUT2D eigenvalue weighted by Crippen LogP contribution is -2.00. The molecule has 9 heavy (non-hydrogen) atoms. The van der Waals surface area contributed by atoms with Gasteiger partial charge in [-0.15, -0.1) is 0 Å². The van der Waals surface area contributed by atoms with Crippen LogP contribution in [0.2, 0.25) is 5.15 Å². The van der Waals surface area contributed by atoms with Crippen LogP contribution in [0.25, 0.3) is 0 Å². The molecule has 4 heteroatoms. The zero-order chi connectivity index (χ0) is 6.85. The molecule has 0 unspecified atom stereocenters. The van der Waals surface area contributed by atoms with Crippen molar-refractivity contribution in [1.82, 2.24) is 9.55 Å². The highest BCUT2D eigenvalue weighted by atomic mass is 35.5. The van der Waals surface area contributed by atoms with Gasteiger partial charge in [0.15, 0.2) is 0 Å². The van der Waals surface area contributed by atoms with Gasteiger partial charge in [0.05, 0.1) is 6.20 Å². The minimum absolute atomic E-state index is 0.475. The van der Waals surface area contributed by atoms with Crippen molar-refractivity contribution >= 4 is 17.5 Å². The maximum atomic E-state index is 5.67. The van der Waals surface area contributed by atoms with Gasteiger partial charge in [-0.25, -0.2) is 4.98 Å². The first-order valence-corrected chi connectivity index (χ1v) is 3.10. The topological polar surface area (TPSA) is 43.8 Å². The third kappa shape index (κ3) is 1.00. The molecule has 0 amide bonds. The van der Waals surface area contributed by atoms with E-state index in [2.05, 4.69) is 4.98 Å². The van der Waals surface area contributed by atoms with Gasteiger partial charge in [-0.1, -0.05) is 11.6 Å². The van der Waals surface area contributed by atoms with Crippen molar-refractivity contribution in [2.24, 2.45) is 0 Å².